The normalized spacial score (nSPS) is 10.5. The average Bonchev–Trinajstić information content (AvgIpc) is 2.82. The van der Waals surface area contributed by atoms with Crippen LogP contribution in [0.1, 0.15) is 12.5 Å². The fraction of sp³-hybridized carbons (Fsp3) is 0.118. The van der Waals surface area contributed by atoms with Crippen molar-refractivity contribution in [3.05, 3.63) is 54.1 Å². The number of anilines is 1. The number of phenolic OH excluding ortho intramolecular Hbond substituents is 1. The number of hydrogen-bond donors (Lipinski definition) is 2. The number of nitrogens with zero attached hydrogens (tertiary/aromatic N) is 2. The molecule has 0 saturated carbocycles. The Balaban J connectivity index is 2.37. The van der Waals surface area contributed by atoms with Crippen LogP contribution in [-0.2, 0) is 0 Å². The predicted molar refractivity (Wildman–Crippen MR) is 83.8 cm³/mol. The van der Waals surface area contributed by atoms with E-state index >= 15 is 0 Å². The first-order chi connectivity index (χ1) is 10.3. The maximum absolute atomic E-state index is 9.50. The van der Waals surface area contributed by atoms with E-state index in [4.69, 9.17) is 0 Å². The minimum Gasteiger partial charge on any atom is -0.508 e. The highest BCUT2D eigenvalue weighted by molar-refractivity contribution is 5.94. The summed E-state index contributed by atoms with van der Waals surface area (Å²) in [5, 5.41) is 23.2. The third-order valence-corrected chi connectivity index (χ3v) is 3.44. The van der Waals surface area contributed by atoms with Crippen molar-refractivity contribution in [3.8, 4) is 17.5 Å². The van der Waals surface area contributed by atoms with Gasteiger partial charge in [-0.05, 0) is 37.3 Å². The first-order valence-electron chi connectivity index (χ1n) is 6.83. The van der Waals surface area contributed by atoms with Gasteiger partial charge in [-0.15, -0.1) is 0 Å². The van der Waals surface area contributed by atoms with Crippen LogP contribution in [0.4, 0.5) is 5.82 Å². The van der Waals surface area contributed by atoms with E-state index in [0.717, 1.165) is 29.0 Å². The number of rotatable bonds is 3. The van der Waals surface area contributed by atoms with Crippen LogP contribution in [0.2, 0.25) is 0 Å². The summed E-state index contributed by atoms with van der Waals surface area (Å²) in [7, 11) is 0. The standard InChI is InChI=1S/C17H15N3O/c1-2-19-17-15(11-18)14-5-3-4-6-16(14)20(17)12-7-9-13(21)10-8-12/h3-10,19,21H,2H2,1H3. The quantitative estimate of drug-likeness (QED) is 0.768. The summed E-state index contributed by atoms with van der Waals surface area (Å²) >= 11 is 0. The molecule has 21 heavy (non-hydrogen) atoms. The van der Waals surface area contributed by atoms with E-state index in [1.165, 1.54) is 0 Å². The van der Waals surface area contributed by atoms with Crippen LogP contribution in [0.3, 0.4) is 0 Å². The van der Waals surface area contributed by atoms with Crippen molar-refractivity contribution in [2.45, 2.75) is 6.92 Å². The summed E-state index contributed by atoms with van der Waals surface area (Å²) in [5.41, 5.74) is 2.51. The molecule has 2 N–H and O–H groups in total. The van der Waals surface area contributed by atoms with Crippen LogP contribution in [0, 0.1) is 11.3 Å². The van der Waals surface area contributed by atoms with Gasteiger partial charge in [-0.3, -0.25) is 4.57 Å². The van der Waals surface area contributed by atoms with Crippen LogP contribution >= 0.6 is 0 Å². The zero-order chi connectivity index (χ0) is 14.8. The summed E-state index contributed by atoms with van der Waals surface area (Å²) in [6, 6.07) is 17.1. The molecule has 0 amide bonds. The molecule has 2 aromatic carbocycles. The molecule has 0 saturated heterocycles. The fourth-order valence-corrected chi connectivity index (χ4v) is 2.56. The zero-order valence-corrected chi connectivity index (χ0v) is 11.7. The number of hydrogen-bond acceptors (Lipinski definition) is 3. The number of benzene rings is 2. The summed E-state index contributed by atoms with van der Waals surface area (Å²) in [5.74, 6) is 1.01. The van der Waals surface area contributed by atoms with Gasteiger partial charge in [-0.1, -0.05) is 18.2 Å². The van der Waals surface area contributed by atoms with Gasteiger partial charge in [0.2, 0.25) is 0 Å². The maximum Gasteiger partial charge on any atom is 0.129 e. The van der Waals surface area contributed by atoms with Crippen LogP contribution in [0.25, 0.3) is 16.6 Å². The number of para-hydroxylation sites is 1. The Bertz CT molecular complexity index is 826. The van der Waals surface area contributed by atoms with E-state index in [9.17, 15) is 10.4 Å². The van der Waals surface area contributed by atoms with Gasteiger partial charge in [0.1, 0.15) is 23.2 Å². The van der Waals surface area contributed by atoms with Gasteiger partial charge in [0, 0.05) is 17.6 Å². The minimum atomic E-state index is 0.223. The molecular formula is C17H15N3O. The van der Waals surface area contributed by atoms with Gasteiger partial charge in [-0.2, -0.15) is 5.26 Å². The van der Waals surface area contributed by atoms with Gasteiger partial charge in [0.25, 0.3) is 0 Å². The first kappa shape index (κ1) is 13.1. The highest BCUT2D eigenvalue weighted by Gasteiger charge is 2.17. The van der Waals surface area contributed by atoms with Crippen molar-refractivity contribution in [3.63, 3.8) is 0 Å². The molecule has 4 heteroatoms. The molecule has 0 bridgehead atoms. The van der Waals surface area contributed by atoms with E-state index in [-0.39, 0.29) is 5.75 Å². The lowest BCUT2D eigenvalue weighted by atomic mass is 10.2. The topological polar surface area (TPSA) is 61.0 Å². The smallest absolute Gasteiger partial charge is 0.129 e. The summed E-state index contributed by atoms with van der Waals surface area (Å²) < 4.78 is 2.01. The van der Waals surface area contributed by atoms with E-state index in [0.29, 0.717) is 5.56 Å². The van der Waals surface area contributed by atoms with Gasteiger partial charge >= 0.3 is 0 Å². The number of nitrogens with one attached hydrogen (secondary N) is 1. The highest BCUT2D eigenvalue weighted by atomic mass is 16.3. The van der Waals surface area contributed by atoms with Crippen molar-refractivity contribution < 1.29 is 5.11 Å². The van der Waals surface area contributed by atoms with Crippen molar-refractivity contribution in [2.24, 2.45) is 0 Å². The van der Waals surface area contributed by atoms with Crippen molar-refractivity contribution in [1.29, 1.82) is 5.26 Å². The third kappa shape index (κ3) is 2.09. The van der Waals surface area contributed by atoms with E-state index in [1.54, 1.807) is 12.1 Å². The van der Waals surface area contributed by atoms with Gasteiger partial charge in [0.05, 0.1) is 5.52 Å². The molecule has 0 aliphatic heterocycles. The maximum atomic E-state index is 9.50. The summed E-state index contributed by atoms with van der Waals surface area (Å²) in [6.45, 7) is 2.73. The Labute approximate surface area is 122 Å². The summed E-state index contributed by atoms with van der Waals surface area (Å²) in [4.78, 5) is 0. The zero-order valence-electron chi connectivity index (χ0n) is 11.7. The van der Waals surface area contributed by atoms with E-state index in [1.807, 2.05) is 47.9 Å². The molecule has 0 unspecified atom stereocenters. The Morgan fingerprint density at radius 2 is 1.86 bits per heavy atom. The van der Waals surface area contributed by atoms with Crippen LogP contribution in [0.5, 0.6) is 5.75 Å². The molecule has 0 aliphatic carbocycles. The molecule has 3 rings (SSSR count). The van der Waals surface area contributed by atoms with Crippen molar-refractivity contribution >= 4 is 16.7 Å². The number of aromatic hydroxyl groups is 1. The molecular weight excluding hydrogens is 262 g/mol. The fourth-order valence-electron chi connectivity index (χ4n) is 2.56. The second-order valence-corrected chi connectivity index (χ2v) is 4.73. The Morgan fingerprint density at radius 1 is 1.14 bits per heavy atom. The van der Waals surface area contributed by atoms with Crippen LogP contribution < -0.4 is 5.32 Å². The third-order valence-electron chi connectivity index (χ3n) is 3.44. The molecule has 1 heterocycles. The molecule has 0 aliphatic rings. The van der Waals surface area contributed by atoms with Crippen LogP contribution in [-0.4, -0.2) is 16.2 Å². The second-order valence-electron chi connectivity index (χ2n) is 4.73. The number of phenols is 1. The molecule has 1 aromatic heterocycles. The van der Waals surface area contributed by atoms with Gasteiger partial charge < -0.3 is 10.4 Å². The average molecular weight is 277 g/mol. The molecule has 3 aromatic rings. The molecule has 4 nitrogen and oxygen atoms in total. The molecule has 0 spiro atoms. The Kier molecular flexibility index (Phi) is 3.25. The van der Waals surface area contributed by atoms with Gasteiger partial charge in [-0.25, -0.2) is 0 Å². The minimum absolute atomic E-state index is 0.223. The predicted octanol–water partition coefficient (Wildman–Crippen LogP) is 3.64. The van der Waals surface area contributed by atoms with E-state index in [2.05, 4.69) is 11.4 Å². The number of fused-ring (bicyclic) bond motifs is 1. The second kappa shape index (κ2) is 5.22. The SMILES string of the molecule is CCNc1c(C#N)c2ccccc2n1-c1ccc(O)cc1. The largest absolute Gasteiger partial charge is 0.508 e. The Morgan fingerprint density at radius 3 is 2.52 bits per heavy atom. The monoisotopic (exact) mass is 277 g/mol. The van der Waals surface area contributed by atoms with Gasteiger partial charge in [0.15, 0.2) is 0 Å². The lowest BCUT2D eigenvalue weighted by Gasteiger charge is -2.12. The van der Waals surface area contributed by atoms with Crippen molar-refractivity contribution in [1.82, 2.24) is 4.57 Å². The molecule has 0 fully saturated rings. The number of nitriles is 1. The van der Waals surface area contributed by atoms with Crippen LogP contribution in [0.15, 0.2) is 48.5 Å². The first-order valence-corrected chi connectivity index (χ1v) is 6.83. The highest BCUT2D eigenvalue weighted by Crippen LogP contribution is 2.33. The summed E-state index contributed by atoms with van der Waals surface area (Å²) in [6.07, 6.45) is 0. The molecule has 0 atom stereocenters. The lowest BCUT2D eigenvalue weighted by Crippen LogP contribution is -2.05. The Hall–Kier alpha value is -2.93. The number of aromatic nitrogens is 1. The molecule has 104 valence electrons. The van der Waals surface area contributed by atoms with E-state index < -0.39 is 0 Å². The lowest BCUT2D eigenvalue weighted by molar-refractivity contribution is 0.475. The molecule has 0 radical (unpaired) electrons. The van der Waals surface area contributed by atoms with Crippen molar-refractivity contribution in [2.75, 3.05) is 11.9 Å².